The van der Waals surface area contributed by atoms with Gasteiger partial charge in [-0.15, -0.1) is 0 Å². The summed E-state index contributed by atoms with van der Waals surface area (Å²) in [5.74, 6) is 0.137. The van der Waals surface area contributed by atoms with Crippen LogP contribution in [-0.2, 0) is 6.42 Å². The number of H-pyrrole nitrogens is 1. The van der Waals surface area contributed by atoms with Crippen molar-refractivity contribution in [2.45, 2.75) is 26.3 Å². The van der Waals surface area contributed by atoms with E-state index in [1.807, 2.05) is 19.9 Å². The summed E-state index contributed by atoms with van der Waals surface area (Å²) in [5.41, 5.74) is 3.96. The number of ether oxygens (including phenoxy) is 1. The van der Waals surface area contributed by atoms with E-state index in [2.05, 4.69) is 60.8 Å². The molecule has 0 radical (unpaired) electrons. The topological polar surface area (TPSA) is 76.7 Å². The number of fused-ring (bicyclic) bond motifs is 2. The van der Waals surface area contributed by atoms with Gasteiger partial charge in [0.25, 0.3) is 0 Å². The standard InChI is InChI=1S/C31H38F2N8O/c1-20(2)41-13-14-42-31-23(32)15-21(16-27(31)41)30-24(33)19-34-28(37-30)18-29-35-25-6-5-22(17-26(25)36-29)40-11-9-39(10-12-40)8-7-38(3)4/h5-6,15-17,19-20H,7-14,18H2,1-4H3,(H,35,36). The van der Waals surface area contributed by atoms with Gasteiger partial charge < -0.3 is 24.4 Å². The average Bonchev–Trinajstić information content (AvgIpc) is 3.38. The van der Waals surface area contributed by atoms with Gasteiger partial charge in [-0.3, -0.25) is 4.90 Å². The van der Waals surface area contributed by atoms with Gasteiger partial charge in [0.1, 0.15) is 23.9 Å². The van der Waals surface area contributed by atoms with E-state index in [1.54, 1.807) is 6.07 Å². The minimum absolute atomic E-state index is 0.0547. The fraction of sp³-hybridized carbons (Fsp3) is 0.452. The zero-order chi connectivity index (χ0) is 29.4. The molecule has 42 heavy (non-hydrogen) atoms. The first kappa shape index (κ1) is 28.3. The predicted octanol–water partition coefficient (Wildman–Crippen LogP) is 4.18. The third kappa shape index (κ3) is 5.89. The maximum absolute atomic E-state index is 15.1. The van der Waals surface area contributed by atoms with Gasteiger partial charge in [0, 0.05) is 56.6 Å². The van der Waals surface area contributed by atoms with Crippen LogP contribution in [0.2, 0.25) is 0 Å². The van der Waals surface area contributed by atoms with E-state index in [4.69, 9.17) is 9.72 Å². The molecule has 1 saturated heterocycles. The lowest BCUT2D eigenvalue weighted by Crippen LogP contribution is -2.48. The number of benzene rings is 2. The van der Waals surface area contributed by atoms with Gasteiger partial charge in [-0.05, 0) is 58.3 Å². The van der Waals surface area contributed by atoms with E-state index < -0.39 is 11.6 Å². The van der Waals surface area contributed by atoms with Crippen LogP contribution >= 0.6 is 0 Å². The smallest absolute Gasteiger partial charge is 0.178 e. The van der Waals surface area contributed by atoms with Gasteiger partial charge in [0.2, 0.25) is 0 Å². The molecule has 9 nitrogen and oxygen atoms in total. The summed E-state index contributed by atoms with van der Waals surface area (Å²) in [5, 5.41) is 0. The van der Waals surface area contributed by atoms with Gasteiger partial charge in [-0.2, -0.15) is 0 Å². The highest BCUT2D eigenvalue weighted by molar-refractivity contribution is 5.80. The summed E-state index contributed by atoms with van der Waals surface area (Å²) in [4.78, 5) is 26.0. The fourth-order valence-electron chi connectivity index (χ4n) is 5.72. The van der Waals surface area contributed by atoms with Gasteiger partial charge in [-0.1, -0.05) is 0 Å². The average molecular weight is 577 g/mol. The van der Waals surface area contributed by atoms with E-state index in [-0.39, 0.29) is 23.9 Å². The molecule has 0 atom stereocenters. The maximum atomic E-state index is 15.1. The van der Waals surface area contributed by atoms with Crippen LogP contribution in [-0.4, -0.2) is 102 Å². The molecule has 11 heteroatoms. The first-order valence-electron chi connectivity index (χ1n) is 14.6. The number of rotatable bonds is 8. The molecule has 1 fully saturated rings. The van der Waals surface area contributed by atoms with Crippen LogP contribution in [0.5, 0.6) is 5.75 Å². The van der Waals surface area contributed by atoms with Crippen molar-refractivity contribution < 1.29 is 13.5 Å². The lowest BCUT2D eigenvalue weighted by atomic mass is 10.1. The SMILES string of the molecule is CC(C)N1CCOc2c(F)cc(-c3nc(Cc4nc5ccc(N6CCN(CCN(C)C)CC6)cc5[nH]4)ncc3F)cc21. The molecule has 2 aromatic carbocycles. The monoisotopic (exact) mass is 576 g/mol. The largest absolute Gasteiger partial charge is 0.486 e. The van der Waals surface area contributed by atoms with Crippen molar-refractivity contribution in [3.05, 3.63) is 59.8 Å². The van der Waals surface area contributed by atoms with Crippen molar-refractivity contribution in [2.24, 2.45) is 0 Å². The van der Waals surface area contributed by atoms with Crippen molar-refractivity contribution in [2.75, 3.05) is 76.3 Å². The molecule has 0 spiro atoms. The van der Waals surface area contributed by atoms with E-state index in [0.717, 1.165) is 56.5 Å². The highest BCUT2D eigenvalue weighted by Crippen LogP contribution is 2.39. The number of aromatic nitrogens is 4. The third-order valence-corrected chi connectivity index (χ3v) is 8.04. The Morgan fingerprint density at radius 1 is 1.00 bits per heavy atom. The van der Waals surface area contributed by atoms with Gasteiger partial charge in [-0.25, -0.2) is 23.7 Å². The molecule has 4 heterocycles. The number of aromatic amines is 1. The Kier molecular flexibility index (Phi) is 7.96. The van der Waals surface area contributed by atoms with Crippen molar-refractivity contribution in [1.82, 2.24) is 29.7 Å². The van der Waals surface area contributed by atoms with Crippen molar-refractivity contribution in [3.63, 3.8) is 0 Å². The lowest BCUT2D eigenvalue weighted by Gasteiger charge is -2.36. The summed E-state index contributed by atoms with van der Waals surface area (Å²) in [6.07, 6.45) is 1.43. The summed E-state index contributed by atoms with van der Waals surface area (Å²) in [6, 6.07) is 9.44. The number of likely N-dealkylation sites (N-methyl/N-ethyl adjacent to an activating group) is 1. The quantitative estimate of drug-likeness (QED) is 0.335. The molecule has 6 rings (SSSR count). The Hall–Kier alpha value is -3.83. The molecular weight excluding hydrogens is 538 g/mol. The Morgan fingerprint density at radius 2 is 1.81 bits per heavy atom. The molecule has 4 aromatic rings. The molecule has 2 aromatic heterocycles. The number of halogens is 2. The molecule has 0 amide bonds. The van der Waals surface area contributed by atoms with Gasteiger partial charge >= 0.3 is 0 Å². The van der Waals surface area contributed by atoms with E-state index in [1.165, 1.54) is 11.8 Å². The molecule has 222 valence electrons. The van der Waals surface area contributed by atoms with Crippen molar-refractivity contribution >= 4 is 22.4 Å². The lowest BCUT2D eigenvalue weighted by molar-refractivity contribution is 0.229. The van der Waals surface area contributed by atoms with Crippen LogP contribution in [0.3, 0.4) is 0 Å². The number of hydrogen-bond donors (Lipinski definition) is 1. The molecule has 0 bridgehead atoms. The molecule has 0 unspecified atom stereocenters. The van der Waals surface area contributed by atoms with E-state index in [0.29, 0.717) is 36.1 Å². The number of imidazole rings is 1. The number of piperazine rings is 1. The highest BCUT2D eigenvalue weighted by atomic mass is 19.1. The summed E-state index contributed by atoms with van der Waals surface area (Å²) in [7, 11) is 4.22. The fourth-order valence-corrected chi connectivity index (χ4v) is 5.72. The Labute approximate surface area is 245 Å². The van der Waals surface area contributed by atoms with Crippen LogP contribution in [0.4, 0.5) is 20.2 Å². The van der Waals surface area contributed by atoms with E-state index >= 15 is 4.39 Å². The summed E-state index contributed by atoms with van der Waals surface area (Å²) in [6.45, 7) is 11.3. The Bertz CT molecular complexity index is 1560. The molecule has 0 aliphatic carbocycles. The van der Waals surface area contributed by atoms with Crippen molar-refractivity contribution in [1.29, 1.82) is 0 Å². The summed E-state index contributed by atoms with van der Waals surface area (Å²) >= 11 is 0. The van der Waals surface area contributed by atoms with Crippen LogP contribution in [0.1, 0.15) is 25.5 Å². The normalized spacial score (nSPS) is 16.0. The van der Waals surface area contributed by atoms with Crippen molar-refractivity contribution in [3.8, 4) is 17.0 Å². The minimum Gasteiger partial charge on any atom is -0.486 e. The molecule has 0 saturated carbocycles. The molecule has 1 N–H and O–H groups in total. The molecule has 2 aliphatic rings. The predicted molar refractivity (Wildman–Crippen MR) is 161 cm³/mol. The Balaban J connectivity index is 1.20. The van der Waals surface area contributed by atoms with E-state index in [9.17, 15) is 4.39 Å². The molecular formula is C31H38F2N8O. The first-order valence-corrected chi connectivity index (χ1v) is 14.6. The number of anilines is 2. The number of nitrogens with zero attached hydrogens (tertiary/aromatic N) is 7. The number of hydrogen-bond acceptors (Lipinski definition) is 8. The number of nitrogens with one attached hydrogen (secondary N) is 1. The zero-order valence-electron chi connectivity index (χ0n) is 24.7. The van der Waals surface area contributed by atoms with Crippen LogP contribution in [0, 0.1) is 11.6 Å². The van der Waals surface area contributed by atoms with Crippen LogP contribution < -0.4 is 14.5 Å². The Morgan fingerprint density at radius 3 is 2.57 bits per heavy atom. The summed E-state index contributed by atoms with van der Waals surface area (Å²) < 4.78 is 35.6. The second kappa shape index (κ2) is 11.8. The second-order valence-electron chi connectivity index (χ2n) is 11.6. The third-order valence-electron chi connectivity index (χ3n) is 8.04. The van der Waals surface area contributed by atoms with Gasteiger partial charge in [0.15, 0.2) is 17.4 Å². The maximum Gasteiger partial charge on any atom is 0.178 e. The van der Waals surface area contributed by atoms with Crippen LogP contribution in [0.15, 0.2) is 36.5 Å². The molecule has 2 aliphatic heterocycles. The van der Waals surface area contributed by atoms with Crippen LogP contribution in [0.25, 0.3) is 22.3 Å². The minimum atomic E-state index is -0.609. The van der Waals surface area contributed by atoms with Gasteiger partial charge in [0.05, 0.1) is 35.9 Å². The highest BCUT2D eigenvalue weighted by Gasteiger charge is 2.26. The first-order chi connectivity index (χ1) is 20.2. The zero-order valence-corrected chi connectivity index (χ0v) is 24.7. The second-order valence-corrected chi connectivity index (χ2v) is 11.6.